The molecular weight excluding hydrogens is 228 g/mol. The highest BCUT2D eigenvalue weighted by Gasteiger charge is 2.15. The van der Waals surface area contributed by atoms with Crippen molar-refractivity contribution in [1.82, 2.24) is 5.43 Å². The van der Waals surface area contributed by atoms with Gasteiger partial charge in [0.05, 0.1) is 0 Å². The van der Waals surface area contributed by atoms with Crippen LogP contribution < -0.4 is 16.9 Å². The predicted octanol–water partition coefficient (Wildman–Crippen LogP) is -0.109. The monoisotopic (exact) mass is 238 g/mol. The first-order valence-corrected chi connectivity index (χ1v) is 4.64. The Bertz CT molecular complexity index is 459. The fourth-order valence-electron chi connectivity index (χ4n) is 1.05. The van der Waals surface area contributed by atoms with E-state index >= 15 is 0 Å². The molecule has 0 aromatic heterocycles. The highest BCUT2D eigenvalue weighted by atomic mass is 32.1. The molecular formula is C9H10N4O2S. The number of hydrogen-bond acceptors (Lipinski definition) is 4. The standard InChI is InChI=1S/C9H10N4O2S/c10-6-4-2-1-3-5(6)7(8(14)15)12-13-9(11)16/h1-4H,10H2,(H,14,15)(H3,11,13,16)/b12-7+. The Morgan fingerprint density at radius 3 is 2.56 bits per heavy atom. The van der Waals surface area contributed by atoms with Crippen LogP contribution in [0.2, 0.25) is 0 Å². The van der Waals surface area contributed by atoms with E-state index < -0.39 is 5.97 Å². The normalized spacial score (nSPS) is 10.9. The molecule has 0 saturated heterocycles. The van der Waals surface area contributed by atoms with Crippen LogP contribution in [0.5, 0.6) is 0 Å². The van der Waals surface area contributed by atoms with Gasteiger partial charge in [0.2, 0.25) is 0 Å². The smallest absolute Gasteiger partial charge is 0.357 e. The third-order valence-electron chi connectivity index (χ3n) is 1.70. The van der Waals surface area contributed by atoms with Gasteiger partial charge < -0.3 is 16.6 Å². The van der Waals surface area contributed by atoms with Crippen LogP contribution in [-0.2, 0) is 4.79 Å². The largest absolute Gasteiger partial charge is 0.476 e. The van der Waals surface area contributed by atoms with E-state index in [-0.39, 0.29) is 10.8 Å². The number of carbonyl (C=O) groups is 1. The zero-order chi connectivity index (χ0) is 12.1. The summed E-state index contributed by atoms with van der Waals surface area (Å²) in [6.07, 6.45) is 0. The van der Waals surface area contributed by atoms with E-state index in [9.17, 15) is 4.79 Å². The second-order valence-electron chi connectivity index (χ2n) is 2.83. The van der Waals surface area contributed by atoms with E-state index in [1.165, 1.54) is 0 Å². The van der Waals surface area contributed by atoms with Gasteiger partial charge in [-0.1, -0.05) is 18.2 Å². The van der Waals surface area contributed by atoms with Crippen molar-refractivity contribution in [3.8, 4) is 0 Å². The summed E-state index contributed by atoms with van der Waals surface area (Å²) in [5.41, 5.74) is 13.4. The summed E-state index contributed by atoms with van der Waals surface area (Å²) in [7, 11) is 0. The van der Waals surface area contributed by atoms with Crippen LogP contribution in [0.1, 0.15) is 5.56 Å². The minimum Gasteiger partial charge on any atom is -0.476 e. The van der Waals surface area contributed by atoms with E-state index in [0.29, 0.717) is 11.3 Å². The molecule has 0 aliphatic carbocycles. The Labute approximate surface area is 96.9 Å². The number of para-hydroxylation sites is 1. The third kappa shape index (κ3) is 2.92. The number of anilines is 1. The van der Waals surface area contributed by atoms with Gasteiger partial charge in [0.15, 0.2) is 10.8 Å². The Morgan fingerprint density at radius 1 is 1.44 bits per heavy atom. The molecule has 0 amide bonds. The number of thiocarbonyl (C=S) groups is 1. The summed E-state index contributed by atoms with van der Waals surface area (Å²) in [5.74, 6) is -1.22. The Kier molecular flexibility index (Phi) is 3.78. The second kappa shape index (κ2) is 5.08. The van der Waals surface area contributed by atoms with Gasteiger partial charge in [-0.05, 0) is 18.3 Å². The molecule has 0 atom stereocenters. The molecule has 0 fully saturated rings. The third-order valence-corrected chi connectivity index (χ3v) is 1.79. The summed E-state index contributed by atoms with van der Waals surface area (Å²) >= 11 is 4.52. The van der Waals surface area contributed by atoms with Crippen molar-refractivity contribution in [2.45, 2.75) is 0 Å². The SMILES string of the molecule is NC(=S)N/N=C(/C(=O)O)c1ccccc1N. The van der Waals surface area contributed by atoms with E-state index in [2.05, 4.69) is 22.7 Å². The number of nitrogens with zero attached hydrogens (tertiary/aromatic N) is 1. The minimum absolute atomic E-state index is 0.117. The number of hydrazone groups is 1. The van der Waals surface area contributed by atoms with Gasteiger partial charge in [0.25, 0.3) is 0 Å². The van der Waals surface area contributed by atoms with E-state index in [4.69, 9.17) is 16.6 Å². The Morgan fingerprint density at radius 2 is 2.06 bits per heavy atom. The fraction of sp³-hybridized carbons (Fsp3) is 0. The molecule has 0 bridgehead atoms. The van der Waals surface area contributed by atoms with Crippen molar-refractivity contribution in [3.05, 3.63) is 29.8 Å². The summed E-state index contributed by atoms with van der Waals surface area (Å²) in [6.45, 7) is 0. The number of benzene rings is 1. The van der Waals surface area contributed by atoms with Crippen LogP contribution in [0.3, 0.4) is 0 Å². The lowest BCUT2D eigenvalue weighted by Crippen LogP contribution is -2.28. The highest BCUT2D eigenvalue weighted by Crippen LogP contribution is 2.11. The molecule has 1 aromatic rings. The zero-order valence-corrected chi connectivity index (χ0v) is 8.99. The summed E-state index contributed by atoms with van der Waals surface area (Å²) in [6, 6.07) is 6.47. The maximum atomic E-state index is 11.0. The molecule has 1 rings (SSSR count). The maximum Gasteiger partial charge on any atom is 0.357 e. The van der Waals surface area contributed by atoms with Crippen molar-refractivity contribution < 1.29 is 9.90 Å². The van der Waals surface area contributed by atoms with Crippen LogP contribution in [0.15, 0.2) is 29.4 Å². The number of hydrogen-bond donors (Lipinski definition) is 4. The van der Waals surface area contributed by atoms with Gasteiger partial charge in [-0.2, -0.15) is 5.10 Å². The number of carboxylic acid groups (broad SMARTS) is 1. The summed E-state index contributed by atoms with van der Waals surface area (Å²) in [4.78, 5) is 11.0. The highest BCUT2D eigenvalue weighted by molar-refractivity contribution is 7.80. The van der Waals surface area contributed by atoms with Crippen LogP contribution in [0, 0.1) is 0 Å². The fourth-order valence-corrected chi connectivity index (χ4v) is 1.09. The van der Waals surface area contributed by atoms with Gasteiger partial charge in [0.1, 0.15) is 0 Å². The Balaban J connectivity index is 3.13. The first-order valence-electron chi connectivity index (χ1n) is 4.23. The van der Waals surface area contributed by atoms with E-state index in [1.54, 1.807) is 24.3 Å². The summed E-state index contributed by atoms with van der Waals surface area (Å²) < 4.78 is 0. The van der Waals surface area contributed by atoms with Crippen LogP contribution in [-0.4, -0.2) is 21.9 Å². The maximum absolute atomic E-state index is 11.0. The van der Waals surface area contributed by atoms with Crippen molar-refractivity contribution >= 4 is 34.7 Å². The average Bonchev–Trinajstić information content (AvgIpc) is 2.20. The van der Waals surface area contributed by atoms with Crippen LogP contribution in [0.25, 0.3) is 0 Å². The molecule has 0 radical (unpaired) electrons. The van der Waals surface area contributed by atoms with Crippen LogP contribution >= 0.6 is 12.2 Å². The molecule has 0 aliphatic rings. The van der Waals surface area contributed by atoms with Crippen molar-refractivity contribution in [2.24, 2.45) is 10.8 Å². The lowest BCUT2D eigenvalue weighted by molar-refractivity contribution is -0.129. The molecule has 7 heteroatoms. The average molecular weight is 238 g/mol. The molecule has 6 nitrogen and oxygen atoms in total. The molecule has 0 heterocycles. The lowest BCUT2D eigenvalue weighted by Gasteiger charge is -2.05. The van der Waals surface area contributed by atoms with Gasteiger partial charge >= 0.3 is 5.97 Å². The predicted molar refractivity (Wildman–Crippen MR) is 64.9 cm³/mol. The minimum atomic E-state index is -1.22. The molecule has 16 heavy (non-hydrogen) atoms. The number of nitrogen functional groups attached to an aromatic ring is 1. The number of nitrogens with one attached hydrogen (secondary N) is 1. The van der Waals surface area contributed by atoms with Crippen molar-refractivity contribution in [3.63, 3.8) is 0 Å². The quantitative estimate of drug-likeness (QED) is 0.253. The first-order chi connectivity index (χ1) is 7.52. The van der Waals surface area contributed by atoms with Crippen LogP contribution in [0.4, 0.5) is 5.69 Å². The Hall–Kier alpha value is -2.15. The van der Waals surface area contributed by atoms with E-state index in [0.717, 1.165) is 0 Å². The molecule has 6 N–H and O–H groups in total. The molecule has 0 aliphatic heterocycles. The summed E-state index contributed by atoms with van der Waals surface area (Å²) in [5, 5.41) is 12.4. The van der Waals surface area contributed by atoms with E-state index in [1.807, 2.05) is 0 Å². The number of nitrogens with two attached hydrogens (primary N) is 2. The van der Waals surface area contributed by atoms with Gasteiger partial charge in [-0.3, -0.25) is 5.43 Å². The molecule has 84 valence electrons. The van der Waals surface area contributed by atoms with Gasteiger partial charge in [0, 0.05) is 11.3 Å². The topological polar surface area (TPSA) is 114 Å². The van der Waals surface area contributed by atoms with Gasteiger partial charge in [-0.25, -0.2) is 4.79 Å². The molecule has 0 spiro atoms. The number of carboxylic acids is 1. The molecule has 0 saturated carbocycles. The number of rotatable bonds is 3. The molecule has 0 unspecified atom stereocenters. The first kappa shape index (κ1) is 11.9. The van der Waals surface area contributed by atoms with Gasteiger partial charge in [-0.15, -0.1) is 0 Å². The number of aliphatic carboxylic acids is 1. The second-order valence-corrected chi connectivity index (χ2v) is 3.27. The molecule has 1 aromatic carbocycles. The zero-order valence-electron chi connectivity index (χ0n) is 8.18. The van der Waals surface area contributed by atoms with Crippen molar-refractivity contribution in [1.29, 1.82) is 0 Å². The lowest BCUT2D eigenvalue weighted by atomic mass is 10.1. The van der Waals surface area contributed by atoms with Crippen molar-refractivity contribution in [2.75, 3.05) is 5.73 Å².